The molecule has 3 heterocycles. The molecule has 9 aromatic carbocycles. The van der Waals surface area contributed by atoms with Crippen molar-refractivity contribution < 1.29 is 32.7 Å². The number of ether oxygens (including phenoxy) is 1. The molecule has 0 atom stereocenters. The van der Waals surface area contributed by atoms with E-state index in [1.54, 1.807) is 0 Å². The maximum atomic E-state index is 9.30. The first kappa shape index (κ1) is 48.9. The monoisotopic (exact) mass is 1240 g/mol. The van der Waals surface area contributed by atoms with Crippen molar-refractivity contribution in [1.29, 1.82) is 0 Å². The summed E-state index contributed by atoms with van der Waals surface area (Å²) in [6, 6.07) is 66.5. The van der Waals surface area contributed by atoms with Crippen molar-refractivity contribution >= 4 is 44.6 Å². The minimum atomic E-state index is -0.441. The average Bonchev–Trinajstić information content (AvgIpc) is 1.56. The van der Waals surface area contributed by atoms with Crippen LogP contribution in [0.1, 0.15) is 111 Å². The van der Waals surface area contributed by atoms with Gasteiger partial charge in [0.25, 0.3) is 0 Å². The molecule has 81 heavy (non-hydrogen) atoms. The smallest absolute Gasteiger partial charge is 0.135 e. The van der Waals surface area contributed by atoms with Gasteiger partial charge in [0.05, 0.1) is 6.85 Å². The molecule has 0 saturated heterocycles. The summed E-state index contributed by atoms with van der Waals surface area (Å²) in [7, 11) is 0. The van der Waals surface area contributed by atoms with Crippen LogP contribution < -0.4 is 14.5 Å². The largest absolute Gasteiger partial charge is 0.509 e. The van der Waals surface area contributed by atoms with Gasteiger partial charge in [0, 0.05) is 77.9 Å². The molecule has 0 fully saturated rings. The van der Waals surface area contributed by atoms with E-state index >= 15 is 0 Å². The molecular formula is C75H69N4OPt-3. The molecule has 2 aromatic heterocycles. The van der Waals surface area contributed by atoms with Crippen LogP contribution in [0.5, 0.6) is 11.5 Å². The van der Waals surface area contributed by atoms with Crippen LogP contribution in [0.4, 0.5) is 22.7 Å². The van der Waals surface area contributed by atoms with Gasteiger partial charge >= 0.3 is 0 Å². The Hall–Kier alpha value is -7.98. The van der Waals surface area contributed by atoms with E-state index in [0.717, 1.165) is 77.9 Å². The Labute approximate surface area is 501 Å². The molecule has 12 rings (SSSR count). The van der Waals surface area contributed by atoms with E-state index in [0.29, 0.717) is 28.4 Å². The SMILES string of the molecule is [2H]c1c([2H])c([2H])c(-c2cccc(-c3cc(C(C)(C)C)cc(C(C)(C)C)c3)c2N2[CH-]N(c3[c-]c(Oc4[c-]c5c(cc4)c4cc(-c6ccc(C(C)(C)C)cc6)ccc4n5-c4cc(C(C)(C)c5ccccc5)ccn4)ccc3)c3ccccc32)c([2H])c1[2H].[Pt]. The number of benzene rings is 9. The van der Waals surface area contributed by atoms with Crippen molar-refractivity contribution in [3.05, 3.63) is 259 Å². The van der Waals surface area contributed by atoms with Crippen molar-refractivity contribution in [3.63, 3.8) is 0 Å². The maximum absolute atomic E-state index is 9.30. The van der Waals surface area contributed by atoms with Crippen molar-refractivity contribution in [2.24, 2.45) is 0 Å². The molecule has 0 N–H and O–H groups in total. The molecule has 6 heteroatoms. The maximum Gasteiger partial charge on any atom is 0.135 e. The third-order valence-corrected chi connectivity index (χ3v) is 15.8. The van der Waals surface area contributed by atoms with Crippen molar-refractivity contribution in [1.82, 2.24) is 9.55 Å². The Balaban J connectivity index is 0.00000768. The molecule has 0 bridgehead atoms. The first-order chi connectivity index (χ1) is 40.4. The Morgan fingerprint density at radius 2 is 1.09 bits per heavy atom. The van der Waals surface area contributed by atoms with E-state index in [1.807, 2.05) is 67.5 Å². The first-order valence-corrected chi connectivity index (χ1v) is 27.6. The minimum absolute atomic E-state index is 0. The summed E-state index contributed by atoms with van der Waals surface area (Å²) in [5.74, 6) is 1.74. The quantitative estimate of drug-likeness (QED) is 0.128. The molecule has 0 amide bonds. The molecule has 0 saturated carbocycles. The van der Waals surface area contributed by atoms with E-state index in [2.05, 4.69) is 224 Å². The second-order valence-corrected chi connectivity index (χ2v) is 24.7. The molecule has 5 nitrogen and oxygen atoms in total. The summed E-state index contributed by atoms with van der Waals surface area (Å²) in [5, 5.41) is 2.08. The number of para-hydroxylation sites is 3. The van der Waals surface area contributed by atoms with Crippen LogP contribution in [0.2, 0.25) is 0 Å². The normalized spacial score (nSPS) is 13.8. The zero-order valence-corrected chi connectivity index (χ0v) is 50.2. The number of fused-ring (bicyclic) bond motifs is 4. The number of anilines is 4. The number of aromatic nitrogens is 2. The van der Waals surface area contributed by atoms with Gasteiger partial charge in [0.15, 0.2) is 0 Å². The van der Waals surface area contributed by atoms with Crippen molar-refractivity contribution in [2.45, 2.75) is 97.8 Å². The second-order valence-electron chi connectivity index (χ2n) is 24.7. The number of hydrogen-bond donors (Lipinski definition) is 0. The zero-order chi connectivity index (χ0) is 60.1. The second kappa shape index (κ2) is 21.2. The topological polar surface area (TPSA) is 33.5 Å². The number of pyridine rings is 1. The summed E-state index contributed by atoms with van der Waals surface area (Å²) < 4.78 is 53.8. The molecular weight excluding hydrogens is 1170 g/mol. The van der Waals surface area contributed by atoms with E-state index < -0.39 is 18.1 Å². The fourth-order valence-corrected chi connectivity index (χ4v) is 11.0. The molecule has 0 aliphatic carbocycles. The molecule has 408 valence electrons. The molecule has 1 aliphatic heterocycles. The van der Waals surface area contributed by atoms with Crippen LogP contribution in [0.3, 0.4) is 0 Å². The molecule has 0 spiro atoms. The van der Waals surface area contributed by atoms with E-state index in [1.165, 1.54) is 11.1 Å². The zero-order valence-electron chi connectivity index (χ0n) is 52.9. The standard InChI is InChI=1S/C75H69N4O.Pt/c1-72(2,3)54-35-32-50(33-36-54)52-34-39-66-65(44-52)64-38-37-61(48-69(64)79(66)70-46-56(40-41-76-70)75(10,11)55-24-16-13-17-25-55)80-60-27-20-26-59(47-60)77-49-78(68-31-19-18-30-67(68)77)71-62(51-22-14-12-15-23-51)28-21-29-63(71)53-42-57(73(4,5)6)45-58(43-53)74(7,8)9;/h12-46,49H,1-11H3;/q-3;/i12D,14D,15D,22D,23D;. The van der Waals surface area contributed by atoms with Gasteiger partial charge in [-0.2, -0.15) is 12.1 Å². The fourth-order valence-electron chi connectivity index (χ4n) is 11.0. The predicted molar refractivity (Wildman–Crippen MR) is 335 cm³/mol. The summed E-state index contributed by atoms with van der Waals surface area (Å²) in [5.41, 5.74) is 14.8. The van der Waals surface area contributed by atoms with Crippen molar-refractivity contribution in [3.8, 4) is 50.7 Å². The fraction of sp³-hybridized carbons (Fsp3) is 0.200. The van der Waals surface area contributed by atoms with Crippen LogP contribution in [-0.4, -0.2) is 9.55 Å². The van der Waals surface area contributed by atoms with Crippen LogP contribution in [0.25, 0.3) is 61.0 Å². The summed E-state index contributed by atoms with van der Waals surface area (Å²) in [6.07, 6.45) is 1.90. The van der Waals surface area contributed by atoms with E-state index in [9.17, 15) is 2.74 Å². The Bertz CT molecular complexity index is 4360. The summed E-state index contributed by atoms with van der Waals surface area (Å²) in [6.45, 7) is 26.5. The van der Waals surface area contributed by atoms with Gasteiger partial charge in [-0.3, -0.25) is 0 Å². The number of hydrogen-bond acceptors (Lipinski definition) is 4. The summed E-state index contributed by atoms with van der Waals surface area (Å²) in [4.78, 5) is 9.19. The third-order valence-electron chi connectivity index (χ3n) is 15.8. The van der Waals surface area contributed by atoms with Gasteiger partial charge in [0.2, 0.25) is 0 Å². The minimum Gasteiger partial charge on any atom is -0.509 e. The van der Waals surface area contributed by atoms with E-state index in [4.69, 9.17) is 13.8 Å². The van der Waals surface area contributed by atoms with Crippen LogP contribution in [0.15, 0.2) is 212 Å². The van der Waals surface area contributed by atoms with Gasteiger partial charge in [-0.05, 0) is 102 Å². The average molecular weight is 1240 g/mol. The Kier molecular flexibility index (Phi) is 12.8. The molecule has 0 radical (unpaired) electrons. The first-order valence-electron chi connectivity index (χ1n) is 30.1. The molecule has 1 aliphatic rings. The molecule has 11 aromatic rings. The van der Waals surface area contributed by atoms with Crippen molar-refractivity contribution in [2.75, 3.05) is 9.80 Å². The van der Waals surface area contributed by atoms with Gasteiger partial charge in [-0.25, -0.2) is 4.98 Å². The Morgan fingerprint density at radius 3 is 1.77 bits per heavy atom. The molecule has 0 unspecified atom stereocenters. The van der Waals surface area contributed by atoms with E-state index in [-0.39, 0.29) is 60.4 Å². The van der Waals surface area contributed by atoms with Crippen LogP contribution in [0, 0.1) is 18.8 Å². The van der Waals surface area contributed by atoms with Gasteiger partial charge in [0.1, 0.15) is 5.82 Å². The van der Waals surface area contributed by atoms with Gasteiger partial charge < -0.3 is 19.1 Å². The summed E-state index contributed by atoms with van der Waals surface area (Å²) >= 11 is 0. The Morgan fingerprint density at radius 1 is 0.469 bits per heavy atom. The van der Waals surface area contributed by atoms with Gasteiger partial charge in [-0.15, -0.1) is 48.1 Å². The van der Waals surface area contributed by atoms with Gasteiger partial charge in [-0.1, -0.05) is 227 Å². The predicted octanol–water partition coefficient (Wildman–Crippen LogP) is 20.2. The third kappa shape index (κ3) is 10.5. The number of nitrogens with zero attached hydrogens (tertiary/aromatic N) is 4. The number of rotatable bonds is 10. The van der Waals surface area contributed by atoms with Crippen LogP contribution >= 0.6 is 0 Å². The van der Waals surface area contributed by atoms with Crippen LogP contribution in [-0.2, 0) is 42.7 Å².